The number of nitrogens with one attached hydrogen (secondary N) is 1. The predicted molar refractivity (Wildman–Crippen MR) is 53.8 cm³/mol. The fourth-order valence-corrected chi connectivity index (χ4v) is 2.75. The summed E-state index contributed by atoms with van der Waals surface area (Å²) < 4.78 is 0. The Labute approximate surface area is 77.8 Å². The first kappa shape index (κ1) is 8.27. The van der Waals surface area contributed by atoms with Crippen molar-refractivity contribution < 1.29 is 0 Å². The molecule has 0 aromatic carbocycles. The fourth-order valence-electron chi connectivity index (χ4n) is 1.56. The van der Waals surface area contributed by atoms with Crippen molar-refractivity contribution in [2.75, 3.05) is 6.54 Å². The van der Waals surface area contributed by atoms with Crippen LogP contribution in [0.25, 0.3) is 0 Å². The van der Waals surface area contributed by atoms with E-state index in [1.165, 1.54) is 6.42 Å². The molecule has 0 bridgehead atoms. The Morgan fingerprint density at radius 1 is 1.50 bits per heavy atom. The maximum absolute atomic E-state index is 3.40. The van der Waals surface area contributed by atoms with Gasteiger partial charge in [-0.15, -0.1) is 11.3 Å². The molecular formula is C10H15NS. The number of hydrogen-bond acceptors (Lipinski definition) is 2. The van der Waals surface area contributed by atoms with Crippen LogP contribution in [0.3, 0.4) is 0 Å². The normalized spacial score (nSPS) is 16.6. The first-order valence-corrected chi connectivity index (χ1v) is 5.41. The van der Waals surface area contributed by atoms with E-state index >= 15 is 0 Å². The molecule has 1 N–H and O–H groups in total. The first-order chi connectivity index (χ1) is 5.77. The minimum absolute atomic E-state index is 0.695. The second-order valence-electron chi connectivity index (χ2n) is 3.68. The van der Waals surface area contributed by atoms with Crippen LogP contribution in [0.4, 0.5) is 0 Å². The highest BCUT2D eigenvalue weighted by Crippen LogP contribution is 2.29. The molecule has 1 aromatic heterocycles. The van der Waals surface area contributed by atoms with Crippen molar-refractivity contribution in [3.05, 3.63) is 21.4 Å². The largest absolute Gasteiger partial charge is 0.312 e. The zero-order valence-electron chi connectivity index (χ0n) is 7.68. The van der Waals surface area contributed by atoms with Crippen LogP contribution in [0, 0.1) is 0 Å². The summed E-state index contributed by atoms with van der Waals surface area (Å²) >= 11 is 1.98. The topological polar surface area (TPSA) is 12.0 Å². The van der Waals surface area contributed by atoms with Crippen molar-refractivity contribution in [1.82, 2.24) is 5.32 Å². The van der Waals surface area contributed by atoms with Crippen molar-refractivity contribution >= 4 is 11.3 Å². The molecule has 0 saturated heterocycles. The molecule has 0 atom stereocenters. The van der Waals surface area contributed by atoms with Gasteiger partial charge in [-0.25, -0.2) is 0 Å². The van der Waals surface area contributed by atoms with Crippen molar-refractivity contribution in [3.63, 3.8) is 0 Å². The van der Waals surface area contributed by atoms with E-state index < -0.39 is 0 Å². The van der Waals surface area contributed by atoms with Gasteiger partial charge in [0.25, 0.3) is 0 Å². The summed E-state index contributed by atoms with van der Waals surface area (Å²) in [5.41, 5.74) is 1.59. The lowest BCUT2D eigenvalue weighted by molar-refractivity contribution is 0.654. The van der Waals surface area contributed by atoms with Gasteiger partial charge >= 0.3 is 0 Å². The Bertz CT molecular complexity index is 252. The van der Waals surface area contributed by atoms with Crippen LogP contribution in [0.15, 0.2) is 6.07 Å². The van der Waals surface area contributed by atoms with Gasteiger partial charge in [-0.05, 0) is 30.5 Å². The van der Waals surface area contributed by atoms with Gasteiger partial charge in [0.15, 0.2) is 0 Å². The standard InChI is InChI=1S/C10H15NS/c1-7(2)9-5-8-3-4-11-6-10(8)12-9/h5,7,11H,3-4,6H2,1-2H3. The summed E-state index contributed by atoms with van der Waals surface area (Å²) in [6.45, 7) is 6.78. The van der Waals surface area contributed by atoms with Crippen LogP contribution in [0.2, 0.25) is 0 Å². The molecule has 2 heteroatoms. The minimum Gasteiger partial charge on any atom is -0.312 e. The van der Waals surface area contributed by atoms with E-state index in [1.807, 2.05) is 11.3 Å². The smallest absolute Gasteiger partial charge is 0.0302 e. The highest BCUT2D eigenvalue weighted by molar-refractivity contribution is 7.12. The molecule has 1 aliphatic heterocycles. The van der Waals surface area contributed by atoms with Crippen LogP contribution >= 0.6 is 11.3 Å². The second kappa shape index (κ2) is 3.19. The van der Waals surface area contributed by atoms with E-state index in [0.717, 1.165) is 13.1 Å². The van der Waals surface area contributed by atoms with E-state index in [4.69, 9.17) is 0 Å². The van der Waals surface area contributed by atoms with Crippen molar-refractivity contribution in [2.24, 2.45) is 0 Å². The molecule has 1 nitrogen and oxygen atoms in total. The molecule has 2 rings (SSSR count). The molecule has 0 radical (unpaired) electrons. The third-order valence-corrected chi connectivity index (χ3v) is 3.82. The summed E-state index contributed by atoms with van der Waals surface area (Å²) in [5.74, 6) is 0.695. The Kier molecular flexibility index (Phi) is 2.20. The second-order valence-corrected chi connectivity index (χ2v) is 4.85. The molecule has 1 aliphatic rings. The van der Waals surface area contributed by atoms with E-state index in [9.17, 15) is 0 Å². The highest BCUT2D eigenvalue weighted by atomic mass is 32.1. The lowest BCUT2D eigenvalue weighted by Gasteiger charge is -2.10. The molecule has 1 aromatic rings. The summed E-state index contributed by atoms with van der Waals surface area (Å²) in [5, 5.41) is 3.40. The molecule has 0 saturated carbocycles. The quantitative estimate of drug-likeness (QED) is 0.702. The van der Waals surface area contributed by atoms with Crippen LogP contribution in [0.5, 0.6) is 0 Å². The van der Waals surface area contributed by atoms with E-state index in [1.54, 1.807) is 15.3 Å². The number of rotatable bonds is 1. The Balaban J connectivity index is 2.32. The summed E-state index contributed by atoms with van der Waals surface area (Å²) in [6.07, 6.45) is 1.22. The first-order valence-electron chi connectivity index (χ1n) is 4.59. The third-order valence-electron chi connectivity index (χ3n) is 2.34. The van der Waals surface area contributed by atoms with Gasteiger partial charge in [0, 0.05) is 16.3 Å². The van der Waals surface area contributed by atoms with Gasteiger partial charge in [-0.2, -0.15) is 0 Å². The van der Waals surface area contributed by atoms with Crippen LogP contribution in [-0.4, -0.2) is 6.54 Å². The van der Waals surface area contributed by atoms with Gasteiger partial charge in [-0.3, -0.25) is 0 Å². The van der Waals surface area contributed by atoms with Crippen LogP contribution in [-0.2, 0) is 13.0 Å². The lowest BCUT2D eigenvalue weighted by atomic mass is 10.1. The Morgan fingerprint density at radius 3 is 3.00 bits per heavy atom. The molecule has 0 fully saturated rings. The van der Waals surface area contributed by atoms with Crippen molar-refractivity contribution in [2.45, 2.75) is 32.7 Å². The zero-order valence-corrected chi connectivity index (χ0v) is 8.50. The maximum Gasteiger partial charge on any atom is 0.0302 e. The molecular weight excluding hydrogens is 166 g/mol. The lowest BCUT2D eigenvalue weighted by Crippen LogP contribution is -2.21. The monoisotopic (exact) mass is 181 g/mol. The summed E-state index contributed by atoms with van der Waals surface area (Å²) in [7, 11) is 0. The SMILES string of the molecule is CC(C)c1cc2c(s1)CNCC2. The fraction of sp³-hybridized carbons (Fsp3) is 0.600. The van der Waals surface area contributed by atoms with Gasteiger partial charge in [0.05, 0.1) is 0 Å². The van der Waals surface area contributed by atoms with Gasteiger partial charge in [0.2, 0.25) is 0 Å². The summed E-state index contributed by atoms with van der Waals surface area (Å²) in [6, 6.07) is 2.39. The zero-order chi connectivity index (χ0) is 8.55. The van der Waals surface area contributed by atoms with Gasteiger partial charge in [-0.1, -0.05) is 13.8 Å². The predicted octanol–water partition coefficient (Wildman–Crippen LogP) is 2.52. The third kappa shape index (κ3) is 1.41. The van der Waals surface area contributed by atoms with E-state index in [-0.39, 0.29) is 0 Å². The molecule has 66 valence electrons. The number of thiophene rings is 1. The molecule has 2 heterocycles. The van der Waals surface area contributed by atoms with Crippen molar-refractivity contribution in [3.8, 4) is 0 Å². The number of fused-ring (bicyclic) bond motifs is 1. The van der Waals surface area contributed by atoms with Gasteiger partial charge < -0.3 is 5.32 Å². The van der Waals surface area contributed by atoms with Crippen molar-refractivity contribution in [1.29, 1.82) is 0 Å². The maximum atomic E-state index is 3.40. The Morgan fingerprint density at radius 2 is 2.33 bits per heavy atom. The summed E-state index contributed by atoms with van der Waals surface area (Å²) in [4.78, 5) is 3.11. The van der Waals surface area contributed by atoms with Gasteiger partial charge in [0.1, 0.15) is 0 Å². The Hall–Kier alpha value is -0.340. The minimum atomic E-state index is 0.695. The van der Waals surface area contributed by atoms with E-state index in [0.29, 0.717) is 5.92 Å². The molecule has 12 heavy (non-hydrogen) atoms. The molecule has 0 spiro atoms. The molecule has 0 amide bonds. The average molecular weight is 181 g/mol. The number of hydrogen-bond donors (Lipinski definition) is 1. The average Bonchev–Trinajstić information content (AvgIpc) is 2.46. The van der Waals surface area contributed by atoms with Crippen LogP contribution in [0.1, 0.15) is 35.1 Å². The molecule has 0 unspecified atom stereocenters. The molecule has 0 aliphatic carbocycles. The van der Waals surface area contributed by atoms with E-state index in [2.05, 4.69) is 25.2 Å². The highest BCUT2D eigenvalue weighted by Gasteiger charge is 2.13. The van der Waals surface area contributed by atoms with Crippen LogP contribution < -0.4 is 5.32 Å².